The second-order valence-corrected chi connectivity index (χ2v) is 7.62. The number of aryl methyl sites for hydroxylation is 1. The highest BCUT2D eigenvalue weighted by atomic mass is 16.3. The van der Waals surface area contributed by atoms with Gasteiger partial charge in [0.25, 0.3) is 0 Å². The van der Waals surface area contributed by atoms with Crippen LogP contribution in [0.4, 0.5) is 5.82 Å². The quantitative estimate of drug-likeness (QED) is 0.922. The van der Waals surface area contributed by atoms with Crippen molar-refractivity contribution in [2.45, 2.75) is 39.2 Å². The van der Waals surface area contributed by atoms with Crippen molar-refractivity contribution in [3.8, 4) is 0 Å². The molecule has 138 valence electrons. The summed E-state index contributed by atoms with van der Waals surface area (Å²) < 4.78 is 0. The minimum absolute atomic E-state index is 0.0205. The first-order chi connectivity index (χ1) is 12.7. The Hall–Kier alpha value is -2.14. The first-order valence-electron chi connectivity index (χ1n) is 9.70. The van der Waals surface area contributed by atoms with Crippen LogP contribution in [-0.2, 0) is 11.4 Å². The number of benzene rings is 1. The first-order valence-corrected chi connectivity index (χ1v) is 9.70. The molecule has 2 fully saturated rings. The van der Waals surface area contributed by atoms with Gasteiger partial charge in [0.2, 0.25) is 5.91 Å². The van der Waals surface area contributed by atoms with Crippen molar-refractivity contribution >= 4 is 22.6 Å². The molecule has 4 rings (SSSR count). The van der Waals surface area contributed by atoms with Crippen LogP contribution in [0.2, 0.25) is 0 Å². The van der Waals surface area contributed by atoms with E-state index in [1.807, 2.05) is 11.0 Å². The third-order valence-electron chi connectivity index (χ3n) is 5.76. The van der Waals surface area contributed by atoms with Crippen LogP contribution < -0.4 is 4.90 Å². The normalized spacial score (nSPS) is 18.7. The lowest BCUT2D eigenvalue weighted by atomic mass is 9.84. The van der Waals surface area contributed by atoms with Gasteiger partial charge in [0, 0.05) is 43.0 Å². The van der Waals surface area contributed by atoms with Crippen molar-refractivity contribution in [1.82, 2.24) is 9.88 Å². The Morgan fingerprint density at radius 2 is 2.00 bits per heavy atom. The molecule has 1 aliphatic heterocycles. The van der Waals surface area contributed by atoms with Crippen LogP contribution in [0.15, 0.2) is 24.3 Å². The molecule has 1 aromatic heterocycles. The maximum atomic E-state index is 12.6. The summed E-state index contributed by atoms with van der Waals surface area (Å²) in [5.41, 5.74) is 3.00. The summed E-state index contributed by atoms with van der Waals surface area (Å²) in [4.78, 5) is 21.7. The summed E-state index contributed by atoms with van der Waals surface area (Å²) in [6.45, 7) is 5.26. The van der Waals surface area contributed by atoms with Crippen molar-refractivity contribution in [2.24, 2.45) is 5.92 Å². The van der Waals surface area contributed by atoms with Crippen LogP contribution in [0.1, 0.15) is 36.8 Å². The first kappa shape index (κ1) is 17.3. The lowest BCUT2D eigenvalue weighted by Gasteiger charge is -2.31. The number of aliphatic hydroxyl groups is 1. The van der Waals surface area contributed by atoms with Gasteiger partial charge in [-0.1, -0.05) is 18.6 Å². The van der Waals surface area contributed by atoms with E-state index >= 15 is 0 Å². The van der Waals surface area contributed by atoms with Crippen molar-refractivity contribution < 1.29 is 9.90 Å². The SMILES string of the molecule is Cc1ccc2cc(CO)c(N3CCCN(C(=O)C4CCC4)CC3)nc2c1. The zero-order chi connectivity index (χ0) is 18.1. The number of aliphatic hydroxyl groups excluding tert-OH is 1. The van der Waals surface area contributed by atoms with Crippen LogP contribution >= 0.6 is 0 Å². The van der Waals surface area contributed by atoms with Crippen LogP contribution in [0, 0.1) is 12.8 Å². The molecule has 0 radical (unpaired) electrons. The summed E-state index contributed by atoms with van der Waals surface area (Å²) in [6, 6.07) is 8.26. The lowest BCUT2D eigenvalue weighted by Crippen LogP contribution is -2.41. The van der Waals surface area contributed by atoms with Gasteiger partial charge >= 0.3 is 0 Å². The van der Waals surface area contributed by atoms with E-state index in [0.717, 1.165) is 67.7 Å². The number of pyridine rings is 1. The largest absolute Gasteiger partial charge is 0.392 e. The van der Waals surface area contributed by atoms with Gasteiger partial charge in [0.1, 0.15) is 5.82 Å². The van der Waals surface area contributed by atoms with E-state index in [9.17, 15) is 9.90 Å². The van der Waals surface area contributed by atoms with Gasteiger partial charge in [-0.3, -0.25) is 4.79 Å². The van der Waals surface area contributed by atoms with E-state index in [0.29, 0.717) is 5.91 Å². The Balaban J connectivity index is 1.57. The Morgan fingerprint density at radius 3 is 2.73 bits per heavy atom. The molecule has 5 heteroatoms. The smallest absolute Gasteiger partial charge is 0.225 e. The van der Waals surface area contributed by atoms with Crippen LogP contribution in [0.5, 0.6) is 0 Å². The van der Waals surface area contributed by atoms with E-state index in [1.54, 1.807) is 0 Å². The number of hydrogen-bond donors (Lipinski definition) is 1. The molecule has 0 bridgehead atoms. The van der Waals surface area contributed by atoms with E-state index in [4.69, 9.17) is 4.98 Å². The molecule has 1 N–H and O–H groups in total. The fraction of sp³-hybridized carbons (Fsp3) is 0.524. The lowest BCUT2D eigenvalue weighted by molar-refractivity contribution is -0.137. The molecule has 0 spiro atoms. The Kier molecular flexibility index (Phi) is 4.81. The minimum atomic E-state index is -0.0205. The highest BCUT2D eigenvalue weighted by molar-refractivity contribution is 5.83. The number of hydrogen-bond acceptors (Lipinski definition) is 4. The molecular weight excluding hydrogens is 326 g/mol. The monoisotopic (exact) mass is 353 g/mol. The van der Waals surface area contributed by atoms with Crippen LogP contribution in [-0.4, -0.2) is 47.1 Å². The number of carbonyl (C=O) groups is 1. The van der Waals surface area contributed by atoms with E-state index in [1.165, 1.54) is 12.0 Å². The predicted octanol–water partition coefficient (Wildman–Crippen LogP) is 2.87. The molecule has 2 aromatic rings. The van der Waals surface area contributed by atoms with Crippen LogP contribution in [0.25, 0.3) is 10.9 Å². The highest BCUT2D eigenvalue weighted by Crippen LogP contribution is 2.29. The number of nitrogens with zero attached hydrogens (tertiary/aromatic N) is 3. The maximum absolute atomic E-state index is 12.6. The van der Waals surface area contributed by atoms with Gasteiger partial charge in [0.05, 0.1) is 12.1 Å². The second-order valence-electron chi connectivity index (χ2n) is 7.62. The van der Waals surface area contributed by atoms with E-state index < -0.39 is 0 Å². The van der Waals surface area contributed by atoms with Gasteiger partial charge in [-0.05, 0) is 43.9 Å². The summed E-state index contributed by atoms with van der Waals surface area (Å²) in [7, 11) is 0. The van der Waals surface area contributed by atoms with Gasteiger partial charge in [0.15, 0.2) is 0 Å². The molecule has 1 saturated carbocycles. The molecule has 1 saturated heterocycles. The third kappa shape index (κ3) is 3.28. The molecule has 26 heavy (non-hydrogen) atoms. The zero-order valence-electron chi connectivity index (χ0n) is 15.4. The number of anilines is 1. The topological polar surface area (TPSA) is 56.7 Å². The summed E-state index contributed by atoms with van der Waals surface area (Å²) in [5, 5.41) is 10.9. The summed E-state index contributed by atoms with van der Waals surface area (Å²) in [5.74, 6) is 1.46. The molecule has 0 unspecified atom stereocenters. The van der Waals surface area contributed by atoms with Crippen molar-refractivity contribution in [3.63, 3.8) is 0 Å². The second kappa shape index (κ2) is 7.23. The van der Waals surface area contributed by atoms with E-state index in [-0.39, 0.29) is 12.5 Å². The molecule has 2 heterocycles. The van der Waals surface area contributed by atoms with Gasteiger partial charge < -0.3 is 14.9 Å². The average molecular weight is 353 g/mol. The molecule has 1 amide bonds. The van der Waals surface area contributed by atoms with Crippen LogP contribution in [0.3, 0.4) is 0 Å². The predicted molar refractivity (Wildman–Crippen MR) is 103 cm³/mol. The number of fused-ring (bicyclic) bond motifs is 1. The molecular formula is C21H27N3O2. The number of amides is 1. The number of carbonyl (C=O) groups excluding carboxylic acids is 1. The number of aromatic nitrogens is 1. The Labute approximate surface area is 154 Å². The van der Waals surface area contributed by atoms with Crippen molar-refractivity contribution in [2.75, 3.05) is 31.1 Å². The van der Waals surface area contributed by atoms with Gasteiger partial charge in [-0.15, -0.1) is 0 Å². The molecule has 1 aromatic carbocycles. The highest BCUT2D eigenvalue weighted by Gasteiger charge is 2.30. The third-order valence-corrected chi connectivity index (χ3v) is 5.76. The van der Waals surface area contributed by atoms with Gasteiger partial charge in [-0.2, -0.15) is 0 Å². The molecule has 0 atom stereocenters. The van der Waals surface area contributed by atoms with Crippen molar-refractivity contribution in [3.05, 3.63) is 35.4 Å². The minimum Gasteiger partial charge on any atom is -0.392 e. The Bertz CT molecular complexity index is 816. The molecule has 5 nitrogen and oxygen atoms in total. The van der Waals surface area contributed by atoms with Crippen molar-refractivity contribution in [1.29, 1.82) is 0 Å². The fourth-order valence-corrected chi connectivity index (χ4v) is 3.96. The van der Waals surface area contributed by atoms with E-state index in [2.05, 4.69) is 30.0 Å². The maximum Gasteiger partial charge on any atom is 0.225 e. The standard InChI is InChI=1S/C21H27N3O2/c1-15-6-7-17-13-18(14-25)20(22-19(17)12-15)23-8-3-9-24(11-10-23)21(26)16-4-2-5-16/h6-7,12-13,16,25H,2-5,8-11,14H2,1H3. The summed E-state index contributed by atoms with van der Waals surface area (Å²) >= 11 is 0. The summed E-state index contributed by atoms with van der Waals surface area (Å²) in [6.07, 6.45) is 4.24. The Morgan fingerprint density at radius 1 is 1.15 bits per heavy atom. The van der Waals surface area contributed by atoms with Gasteiger partial charge in [-0.25, -0.2) is 4.98 Å². The zero-order valence-corrected chi connectivity index (χ0v) is 15.4. The fourth-order valence-electron chi connectivity index (χ4n) is 3.96. The number of rotatable bonds is 3. The average Bonchev–Trinajstić information content (AvgIpc) is 2.85. The molecule has 1 aliphatic carbocycles. The molecule has 2 aliphatic rings.